The Kier molecular flexibility index (Phi) is 7.84. The molecule has 2 nitrogen and oxygen atoms in total. The molecular formula is C44H44O2Si2. The third-order valence-electron chi connectivity index (χ3n) is 10.1. The van der Waals surface area contributed by atoms with Crippen LogP contribution in [0.2, 0.25) is 39.3 Å². The van der Waals surface area contributed by atoms with Gasteiger partial charge in [-0.05, 0) is 67.8 Å². The molecule has 0 bridgehead atoms. The van der Waals surface area contributed by atoms with E-state index in [0.717, 1.165) is 33.4 Å². The Bertz CT molecular complexity index is 2000. The maximum Gasteiger partial charge on any atom is 0.141 e. The van der Waals surface area contributed by atoms with Crippen molar-refractivity contribution in [3.05, 3.63) is 179 Å². The highest BCUT2D eigenvalue weighted by Crippen LogP contribution is 2.54. The summed E-state index contributed by atoms with van der Waals surface area (Å²) in [6.07, 6.45) is 0. The van der Waals surface area contributed by atoms with Crippen LogP contribution < -0.4 is 10.4 Å². The lowest BCUT2D eigenvalue weighted by molar-refractivity contribution is 0.0749. The highest BCUT2D eigenvalue weighted by molar-refractivity contribution is 6.89. The molecule has 0 radical (unpaired) electrons. The highest BCUT2D eigenvalue weighted by Gasteiger charge is 2.51. The fraction of sp³-hybridized carbons (Fsp3) is 0.182. The van der Waals surface area contributed by atoms with Crippen molar-refractivity contribution in [3.63, 3.8) is 0 Å². The van der Waals surface area contributed by atoms with Gasteiger partial charge in [-0.15, -0.1) is 0 Å². The first-order valence-corrected chi connectivity index (χ1v) is 23.9. The number of hydrogen-bond acceptors (Lipinski definition) is 2. The molecule has 0 fully saturated rings. The second-order valence-corrected chi connectivity index (χ2v) is 25.5. The summed E-state index contributed by atoms with van der Waals surface area (Å²) in [5.74, 6) is 0. The highest BCUT2D eigenvalue weighted by atomic mass is 28.3. The summed E-state index contributed by atoms with van der Waals surface area (Å²) in [5.41, 5.74) is 5.45. The molecule has 6 aromatic carbocycles. The SMILES string of the molecule is C[Si](C)(C)c1ccc(C2(O)c3ccc(-c4ccccc4)cc3C(O)(c3ccc([Si](C)(C)C)cc3)c3cc(-c4ccccc4)ccc32)cc1. The van der Waals surface area contributed by atoms with E-state index in [9.17, 15) is 10.2 Å². The van der Waals surface area contributed by atoms with Crippen LogP contribution in [0.25, 0.3) is 22.3 Å². The van der Waals surface area contributed by atoms with Gasteiger partial charge in [0.15, 0.2) is 0 Å². The Labute approximate surface area is 287 Å². The van der Waals surface area contributed by atoms with Gasteiger partial charge >= 0.3 is 0 Å². The largest absolute Gasteiger partial charge is 0.376 e. The number of aliphatic hydroxyl groups is 2. The number of fused-ring (bicyclic) bond motifs is 2. The van der Waals surface area contributed by atoms with E-state index >= 15 is 0 Å². The van der Waals surface area contributed by atoms with Crippen molar-refractivity contribution in [1.82, 2.24) is 0 Å². The molecule has 0 unspecified atom stereocenters. The lowest BCUT2D eigenvalue weighted by Gasteiger charge is -2.45. The summed E-state index contributed by atoms with van der Waals surface area (Å²) in [7, 11) is -3.15. The van der Waals surface area contributed by atoms with Gasteiger partial charge in [0.25, 0.3) is 0 Å². The molecule has 7 rings (SSSR count). The Balaban J connectivity index is 1.56. The smallest absolute Gasteiger partial charge is 0.141 e. The minimum atomic E-state index is -1.58. The van der Waals surface area contributed by atoms with Gasteiger partial charge < -0.3 is 10.2 Å². The van der Waals surface area contributed by atoms with E-state index in [1.54, 1.807) is 0 Å². The molecule has 0 atom stereocenters. The van der Waals surface area contributed by atoms with Crippen molar-refractivity contribution in [1.29, 1.82) is 0 Å². The summed E-state index contributed by atoms with van der Waals surface area (Å²) in [6, 6.07) is 50.1. The van der Waals surface area contributed by atoms with Crippen LogP contribution in [0.3, 0.4) is 0 Å². The molecule has 0 heterocycles. The van der Waals surface area contributed by atoms with E-state index in [4.69, 9.17) is 0 Å². The maximum absolute atomic E-state index is 13.5. The summed E-state index contributed by atoms with van der Waals surface area (Å²) >= 11 is 0. The van der Waals surface area contributed by atoms with Gasteiger partial charge in [-0.3, -0.25) is 0 Å². The van der Waals surface area contributed by atoms with Gasteiger partial charge in [0, 0.05) is 0 Å². The van der Waals surface area contributed by atoms with Crippen LogP contribution in [0.15, 0.2) is 146 Å². The van der Waals surface area contributed by atoms with Crippen LogP contribution in [0.5, 0.6) is 0 Å². The van der Waals surface area contributed by atoms with Crippen LogP contribution in [-0.2, 0) is 11.2 Å². The zero-order chi connectivity index (χ0) is 33.9. The molecule has 0 aromatic heterocycles. The quantitative estimate of drug-likeness (QED) is 0.175. The summed E-state index contributed by atoms with van der Waals surface area (Å²) in [6.45, 7) is 14.0. The van der Waals surface area contributed by atoms with Gasteiger partial charge in [-0.25, -0.2) is 0 Å². The van der Waals surface area contributed by atoms with Crippen molar-refractivity contribution in [2.24, 2.45) is 0 Å². The van der Waals surface area contributed by atoms with E-state index in [1.807, 2.05) is 48.5 Å². The molecule has 0 spiro atoms. The Morgan fingerprint density at radius 2 is 0.688 bits per heavy atom. The van der Waals surface area contributed by atoms with Crippen LogP contribution in [0.1, 0.15) is 33.4 Å². The summed E-state index contributed by atoms with van der Waals surface area (Å²) in [4.78, 5) is 0. The fourth-order valence-corrected chi connectivity index (χ4v) is 9.61. The summed E-state index contributed by atoms with van der Waals surface area (Å²) < 4.78 is 0. The zero-order valence-electron chi connectivity index (χ0n) is 28.8. The first-order valence-electron chi connectivity index (χ1n) is 16.9. The van der Waals surface area contributed by atoms with Crippen molar-refractivity contribution < 1.29 is 10.2 Å². The molecule has 0 saturated heterocycles. The molecule has 0 saturated carbocycles. The topological polar surface area (TPSA) is 40.5 Å². The Morgan fingerprint density at radius 3 is 1.02 bits per heavy atom. The lowest BCUT2D eigenvalue weighted by atomic mass is 9.63. The normalized spacial score (nSPS) is 19.0. The molecule has 1 aliphatic rings. The average molecular weight is 661 g/mol. The minimum absolute atomic E-state index is 0.694. The second-order valence-electron chi connectivity index (χ2n) is 15.3. The van der Waals surface area contributed by atoms with Crippen LogP contribution in [-0.4, -0.2) is 26.4 Å². The van der Waals surface area contributed by atoms with Crippen LogP contribution in [0.4, 0.5) is 0 Å². The molecule has 48 heavy (non-hydrogen) atoms. The molecule has 0 amide bonds. The predicted octanol–water partition coefficient (Wildman–Crippen LogP) is 8.99. The zero-order valence-corrected chi connectivity index (χ0v) is 30.8. The molecule has 240 valence electrons. The van der Waals surface area contributed by atoms with Crippen molar-refractivity contribution >= 4 is 26.5 Å². The maximum atomic E-state index is 13.5. The molecule has 2 N–H and O–H groups in total. The molecule has 4 heteroatoms. The molecule has 6 aromatic rings. The first-order chi connectivity index (χ1) is 22.8. The van der Waals surface area contributed by atoms with E-state index in [1.165, 1.54) is 10.4 Å². The Hall–Kier alpha value is -4.33. The van der Waals surface area contributed by atoms with E-state index in [0.29, 0.717) is 22.3 Å². The number of benzene rings is 6. The van der Waals surface area contributed by atoms with Crippen molar-refractivity contribution in [3.8, 4) is 22.3 Å². The Morgan fingerprint density at radius 1 is 0.354 bits per heavy atom. The third-order valence-corrected chi connectivity index (χ3v) is 14.3. The monoisotopic (exact) mass is 660 g/mol. The summed E-state index contributed by atoms with van der Waals surface area (Å²) in [5, 5.41) is 29.5. The standard InChI is InChI=1S/C44H44O2Si2/c1-47(2,3)37-23-19-35(20-24-37)43(45)39-27-17-33(31-13-9-7-10-14-31)29-41(39)44(46,36-21-25-38(26-22-36)48(4,5)6)42-30-34(18-28-40(42)43)32-15-11-8-12-16-32/h7-30,45-46H,1-6H3. The van der Waals surface area contributed by atoms with Gasteiger partial charge in [-0.1, -0.05) is 183 Å². The van der Waals surface area contributed by atoms with E-state index in [-0.39, 0.29) is 0 Å². The molecular weight excluding hydrogens is 617 g/mol. The molecule has 0 aliphatic heterocycles. The third kappa shape index (κ3) is 5.34. The van der Waals surface area contributed by atoms with Crippen LogP contribution in [0, 0.1) is 0 Å². The van der Waals surface area contributed by atoms with Gasteiger partial charge in [-0.2, -0.15) is 0 Å². The van der Waals surface area contributed by atoms with Crippen LogP contribution >= 0.6 is 0 Å². The molecule has 1 aliphatic carbocycles. The van der Waals surface area contributed by atoms with Gasteiger partial charge in [0.2, 0.25) is 0 Å². The fourth-order valence-electron chi connectivity index (χ4n) is 7.27. The minimum Gasteiger partial charge on any atom is -0.376 e. The van der Waals surface area contributed by atoms with E-state index in [2.05, 4.69) is 136 Å². The van der Waals surface area contributed by atoms with Gasteiger partial charge in [0.05, 0.1) is 16.1 Å². The van der Waals surface area contributed by atoms with E-state index < -0.39 is 27.3 Å². The van der Waals surface area contributed by atoms with Crippen molar-refractivity contribution in [2.45, 2.75) is 50.5 Å². The first kappa shape index (κ1) is 32.2. The van der Waals surface area contributed by atoms with Gasteiger partial charge in [0.1, 0.15) is 11.2 Å². The van der Waals surface area contributed by atoms with Crippen molar-refractivity contribution in [2.75, 3.05) is 0 Å². The number of hydrogen-bond donors (Lipinski definition) is 2. The second kappa shape index (κ2) is 11.7. The average Bonchev–Trinajstić information content (AvgIpc) is 3.10. The number of rotatable bonds is 6. The lowest BCUT2D eigenvalue weighted by Crippen LogP contribution is -2.45. The predicted molar refractivity (Wildman–Crippen MR) is 207 cm³/mol.